The lowest BCUT2D eigenvalue weighted by atomic mass is 9.88. The molecular weight excluding hydrogens is 432 g/mol. The lowest BCUT2D eigenvalue weighted by molar-refractivity contribution is -0.114. The van der Waals surface area contributed by atoms with Gasteiger partial charge in [-0.05, 0) is 13.3 Å². The number of halogens is 2. The van der Waals surface area contributed by atoms with Gasteiger partial charge in [-0.15, -0.1) is 5.10 Å². The summed E-state index contributed by atoms with van der Waals surface area (Å²) in [5, 5.41) is 8.23. The van der Waals surface area contributed by atoms with Gasteiger partial charge >= 0.3 is 5.92 Å². The second kappa shape index (κ2) is 7.98. The maximum absolute atomic E-state index is 14.0. The first-order valence-corrected chi connectivity index (χ1v) is 10.9. The van der Waals surface area contributed by atoms with Crippen LogP contribution in [0.2, 0.25) is 0 Å². The Morgan fingerprint density at radius 3 is 2.61 bits per heavy atom. The second-order valence-electron chi connectivity index (χ2n) is 8.99. The fourth-order valence-electron chi connectivity index (χ4n) is 4.64. The summed E-state index contributed by atoms with van der Waals surface area (Å²) in [5.74, 6) is -1.91. The second-order valence-corrected chi connectivity index (χ2v) is 8.99. The summed E-state index contributed by atoms with van der Waals surface area (Å²) in [5.41, 5.74) is 1.02. The fraction of sp³-hybridized carbons (Fsp3) is 0.500. The van der Waals surface area contributed by atoms with E-state index >= 15 is 0 Å². The first kappa shape index (κ1) is 21.6. The largest absolute Gasteiger partial charge is 0.381 e. The van der Waals surface area contributed by atoms with Crippen LogP contribution < -0.4 is 10.2 Å². The molecule has 1 N–H and O–H groups in total. The van der Waals surface area contributed by atoms with Gasteiger partial charge in [0.1, 0.15) is 5.82 Å². The monoisotopic (exact) mass is 457 g/mol. The minimum Gasteiger partial charge on any atom is -0.381 e. The van der Waals surface area contributed by atoms with Crippen LogP contribution in [0.3, 0.4) is 0 Å². The van der Waals surface area contributed by atoms with Gasteiger partial charge < -0.3 is 15.0 Å². The maximum Gasteiger partial charge on any atom is 0.303 e. The van der Waals surface area contributed by atoms with Gasteiger partial charge in [0.05, 0.1) is 24.1 Å². The number of pyridine rings is 1. The molecule has 1 amide bonds. The quantitative estimate of drug-likeness (QED) is 0.643. The number of ether oxygens (including phenoxy) is 1. The highest BCUT2D eigenvalue weighted by Gasteiger charge is 2.34. The number of rotatable bonds is 4. The van der Waals surface area contributed by atoms with E-state index in [2.05, 4.69) is 25.2 Å². The molecule has 11 heteroatoms. The molecule has 174 valence electrons. The van der Waals surface area contributed by atoms with Gasteiger partial charge in [0, 0.05) is 62.8 Å². The molecule has 0 saturated carbocycles. The molecule has 3 aromatic rings. The van der Waals surface area contributed by atoms with Crippen molar-refractivity contribution in [2.45, 2.75) is 33.1 Å². The third-order valence-electron chi connectivity index (χ3n) is 5.93. The Labute approximate surface area is 189 Å². The molecule has 0 spiro atoms. The van der Waals surface area contributed by atoms with E-state index in [4.69, 9.17) is 9.84 Å². The lowest BCUT2D eigenvalue weighted by Crippen LogP contribution is -2.47. The molecule has 2 fully saturated rings. The number of carbonyl (C=O) groups is 1. The van der Waals surface area contributed by atoms with Crippen molar-refractivity contribution in [3.8, 4) is 5.82 Å². The number of aryl methyl sites for hydroxylation is 1. The normalized spacial score (nSPS) is 20.8. The molecule has 2 aliphatic rings. The van der Waals surface area contributed by atoms with E-state index in [1.165, 1.54) is 11.6 Å². The van der Waals surface area contributed by atoms with Gasteiger partial charge in [-0.25, -0.2) is 19.6 Å². The minimum atomic E-state index is -3.19. The fourth-order valence-corrected chi connectivity index (χ4v) is 4.64. The summed E-state index contributed by atoms with van der Waals surface area (Å²) in [4.78, 5) is 26.2. The van der Waals surface area contributed by atoms with Crippen LogP contribution in [0.25, 0.3) is 16.7 Å². The summed E-state index contributed by atoms with van der Waals surface area (Å²) in [7, 11) is 0. The molecule has 2 bridgehead atoms. The van der Waals surface area contributed by atoms with Gasteiger partial charge in [-0.1, -0.05) is 0 Å². The van der Waals surface area contributed by atoms with E-state index in [0.29, 0.717) is 34.7 Å². The first-order valence-electron chi connectivity index (χ1n) is 10.9. The molecule has 3 aromatic heterocycles. The number of fused-ring (bicyclic) bond motifs is 3. The van der Waals surface area contributed by atoms with Crippen molar-refractivity contribution in [2.75, 3.05) is 36.5 Å². The van der Waals surface area contributed by atoms with Gasteiger partial charge in [-0.2, -0.15) is 8.78 Å². The third kappa shape index (κ3) is 4.24. The Hall–Kier alpha value is -3.21. The highest BCUT2D eigenvalue weighted by Crippen LogP contribution is 2.35. The van der Waals surface area contributed by atoms with E-state index in [-0.39, 0.29) is 11.7 Å². The molecular formula is C22H25F2N7O2. The van der Waals surface area contributed by atoms with E-state index in [0.717, 1.165) is 45.0 Å². The molecule has 33 heavy (non-hydrogen) atoms. The zero-order valence-corrected chi connectivity index (χ0v) is 18.7. The molecule has 2 aliphatic heterocycles. The van der Waals surface area contributed by atoms with Crippen molar-refractivity contribution in [3.63, 3.8) is 0 Å². The van der Waals surface area contributed by atoms with Gasteiger partial charge in [0.2, 0.25) is 11.7 Å². The number of hydrogen-bond donors (Lipinski definition) is 1. The summed E-state index contributed by atoms with van der Waals surface area (Å²) >= 11 is 0. The summed E-state index contributed by atoms with van der Waals surface area (Å²) in [6, 6.07) is 3.30. The predicted molar refractivity (Wildman–Crippen MR) is 118 cm³/mol. The van der Waals surface area contributed by atoms with Crippen LogP contribution in [0.1, 0.15) is 31.8 Å². The first-order chi connectivity index (χ1) is 15.7. The smallest absolute Gasteiger partial charge is 0.303 e. The van der Waals surface area contributed by atoms with Gasteiger partial charge in [0.25, 0.3) is 0 Å². The average Bonchev–Trinajstić information content (AvgIpc) is 3.11. The number of amides is 1. The number of nitrogens with one attached hydrogen (secondary N) is 1. The van der Waals surface area contributed by atoms with E-state index in [1.807, 2.05) is 0 Å². The minimum absolute atomic E-state index is 0.232. The van der Waals surface area contributed by atoms with Gasteiger partial charge in [-0.3, -0.25) is 4.79 Å². The number of piperidine rings is 1. The molecule has 0 aromatic carbocycles. The van der Waals surface area contributed by atoms with Crippen molar-refractivity contribution in [3.05, 3.63) is 29.8 Å². The van der Waals surface area contributed by atoms with Crippen LogP contribution in [0, 0.1) is 18.8 Å². The Kier molecular flexibility index (Phi) is 5.23. The number of carbonyl (C=O) groups excluding carboxylic acids is 1. The number of aromatic nitrogens is 5. The predicted octanol–water partition coefficient (Wildman–Crippen LogP) is 3.06. The molecule has 0 aliphatic carbocycles. The van der Waals surface area contributed by atoms with Crippen molar-refractivity contribution < 1.29 is 18.3 Å². The number of hydrogen-bond acceptors (Lipinski definition) is 7. The molecule has 2 atom stereocenters. The van der Waals surface area contributed by atoms with Crippen LogP contribution in [0.5, 0.6) is 0 Å². The molecule has 0 radical (unpaired) electrons. The van der Waals surface area contributed by atoms with Crippen molar-refractivity contribution in [2.24, 2.45) is 11.8 Å². The summed E-state index contributed by atoms with van der Waals surface area (Å²) in [6.45, 7) is 6.82. The maximum atomic E-state index is 14.0. The Balaban J connectivity index is 1.66. The molecule has 9 nitrogen and oxygen atoms in total. The zero-order valence-electron chi connectivity index (χ0n) is 18.7. The average molecular weight is 457 g/mol. The SMILES string of the molecule is CC(=O)Nc1cc2c(cn1)c(N1C[C@@H]3COC[C@@H](C3)C1)nn2-c1cc(C)nc(C(C)(F)F)n1. The molecule has 0 unspecified atom stereocenters. The van der Waals surface area contributed by atoms with E-state index in [1.54, 1.807) is 25.3 Å². The number of nitrogens with zero attached hydrogens (tertiary/aromatic N) is 6. The van der Waals surface area contributed by atoms with Crippen LogP contribution in [0.4, 0.5) is 20.4 Å². The topological polar surface area (TPSA) is 98.1 Å². The Morgan fingerprint density at radius 1 is 1.21 bits per heavy atom. The van der Waals surface area contributed by atoms with Crippen LogP contribution in [-0.2, 0) is 15.5 Å². The Morgan fingerprint density at radius 2 is 1.94 bits per heavy atom. The standard InChI is InChI=1S/C22H25F2N7O2/c1-12-4-19(28-21(26-12)22(3,23)24)31-17-6-18(27-13(2)32)25-7-16(17)20(29-31)30-8-14-5-15(9-30)11-33-10-14/h4,6-7,14-15H,5,8-11H2,1-3H3,(H,25,27,32)/t14-,15+. The van der Waals surface area contributed by atoms with Crippen molar-refractivity contribution >= 4 is 28.4 Å². The van der Waals surface area contributed by atoms with Crippen molar-refractivity contribution in [1.29, 1.82) is 0 Å². The summed E-state index contributed by atoms with van der Waals surface area (Å²) < 4.78 is 35.3. The highest BCUT2D eigenvalue weighted by molar-refractivity contribution is 5.95. The van der Waals surface area contributed by atoms with E-state index in [9.17, 15) is 13.6 Å². The van der Waals surface area contributed by atoms with Crippen molar-refractivity contribution in [1.82, 2.24) is 24.7 Å². The molecule has 5 rings (SSSR count). The Bertz CT molecular complexity index is 1210. The van der Waals surface area contributed by atoms with Gasteiger partial charge in [0.15, 0.2) is 11.6 Å². The number of alkyl halides is 2. The highest BCUT2D eigenvalue weighted by atomic mass is 19.3. The number of anilines is 2. The molecule has 2 saturated heterocycles. The third-order valence-corrected chi connectivity index (χ3v) is 5.93. The summed E-state index contributed by atoms with van der Waals surface area (Å²) in [6.07, 6.45) is 2.78. The van der Waals surface area contributed by atoms with Crippen LogP contribution >= 0.6 is 0 Å². The van der Waals surface area contributed by atoms with Crippen LogP contribution in [-0.4, -0.2) is 56.9 Å². The molecule has 5 heterocycles. The lowest BCUT2D eigenvalue weighted by Gasteiger charge is -2.41. The van der Waals surface area contributed by atoms with Crippen LogP contribution in [0.15, 0.2) is 18.3 Å². The van der Waals surface area contributed by atoms with E-state index < -0.39 is 11.7 Å². The zero-order chi connectivity index (χ0) is 23.3.